The van der Waals surface area contributed by atoms with E-state index in [0.29, 0.717) is 37.6 Å². The normalized spacial score (nSPS) is 19.4. The summed E-state index contributed by atoms with van der Waals surface area (Å²) < 4.78 is 71.6. The van der Waals surface area contributed by atoms with E-state index in [1.807, 2.05) is 6.92 Å². The number of methoxy groups -OCH3 is 1. The summed E-state index contributed by atoms with van der Waals surface area (Å²) >= 11 is 0. The van der Waals surface area contributed by atoms with E-state index in [1.54, 1.807) is 78.7 Å². The summed E-state index contributed by atoms with van der Waals surface area (Å²) in [5, 5.41) is 0. The Morgan fingerprint density at radius 3 is 2.15 bits per heavy atom. The van der Waals surface area contributed by atoms with Crippen LogP contribution in [0.25, 0.3) is 0 Å². The molecule has 1 unspecified atom stereocenters. The second-order valence-corrected chi connectivity index (χ2v) is 13.4. The molecule has 2 saturated heterocycles. The van der Waals surface area contributed by atoms with E-state index in [2.05, 4.69) is 9.30 Å². The van der Waals surface area contributed by atoms with E-state index >= 15 is 0 Å². The molecule has 1 atom stereocenters. The standard InChI is InChI=1S/C29H34N4O6S2/c1-23-8-14-26(15-9-23)40(34,35)30-28(22-31-18-20-39-21-19-31)32-16-17-33(41(36,37)27-6-4-3-5-7-27)29(32)24-10-12-25(38-2)13-11-24/h3-15,29H,16-22H2,1-2H3/b30-28+. The molecule has 2 aliphatic heterocycles. The molecular formula is C29H34N4O6S2. The maximum absolute atomic E-state index is 13.9. The van der Waals surface area contributed by atoms with Gasteiger partial charge in [0.05, 0.1) is 36.7 Å². The Balaban J connectivity index is 1.61. The number of hydrogen-bond donors (Lipinski definition) is 0. The number of hydrogen-bond acceptors (Lipinski definition) is 7. The molecule has 2 aliphatic rings. The molecule has 3 aromatic rings. The van der Waals surface area contributed by atoms with Crippen molar-refractivity contribution in [2.24, 2.45) is 4.40 Å². The second-order valence-electron chi connectivity index (χ2n) is 9.95. The van der Waals surface area contributed by atoms with Crippen molar-refractivity contribution in [2.75, 3.05) is 53.0 Å². The van der Waals surface area contributed by atoms with Gasteiger partial charge in [0.1, 0.15) is 17.8 Å². The van der Waals surface area contributed by atoms with Gasteiger partial charge < -0.3 is 14.4 Å². The third-order valence-corrected chi connectivity index (χ3v) is 10.4. The van der Waals surface area contributed by atoms with Gasteiger partial charge in [-0.05, 0) is 48.9 Å². The lowest BCUT2D eigenvalue weighted by Gasteiger charge is -2.35. The average molecular weight is 599 g/mol. The molecule has 3 aromatic carbocycles. The molecule has 0 amide bonds. The molecule has 0 aromatic heterocycles. The van der Waals surface area contributed by atoms with E-state index < -0.39 is 26.2 Å². The second kappa shape index (κ2) is 12.3. The first-order valence-electron chi connectivity index (χ1n) is 13.4. The van der Waals surface area contributed by atoms with Crippen LogP contribution < -0.4 is 4.74 Å². The zero-order chi connectivity index (χ0) is 29.0. The first-order chi connectivity index (χ1) is 19.7. The molecule has 0 bridgehead atoms. The van der Waals surface area contributed by atoms with Gasteiger partial charge in [-0.2, -0.15) is 12.7 Å². The first kappa shape index (κ1) is 29.2. The molecule has 41 heavy (non-hydrogen) atoms. The van der Waals surface area contributed by atoms with Crippen molar-refractivity contribution in [3.05, 3.63) is 90.0 Å². The monoisotopic (exact) mass is 598 g/mol. The van der Waals surface area contributed by atoms with Gasteiger partial charge in [-0.3, -0.25) is 4.90 Å². The van der Waals surface area contributed by atoms with Crippen molar-refractivity contribution >= 4 is 25.9 Å². The van der Waals surface area contributed by atoms with E-state index in [-0.39, 0.29) is 35.3 Å². The topological polar surface area (TPSA) is 109 Å². The number of sulfonamides is 2. The van der Waals surface area contributed by atoms with Crippen molar-refractivity contribution in [3.63, 3.8) is 0 Å². The smallest absolute Gasteiger partial charge is 0.283 e. The maximum Gasteiger partial charge on any atom is 0.283 e. The van der Waals surface area contributed by atoms with Gasteiger partial charge >= 0.3 is 0 Å². The van der Waals surface area contributed by atoms with Gasteiger partial charge in [-0.1, -0.05) is 48.0 Å². The molecule has 0 N–H and O–H groups in total. The van der Waals surface area contributed by atoms with Crippen LogP contribution in [-0.2, 0) is 24.8 Å². The fourth-order valence-corrected chi connectivity index (χ4v) is 7.63. The van der Waals surface area contributed by atoms with Crippen LogP contribution in [0.2, 0.25) is 0 Å². The van der Waals surface area contributed by atoms with Crippen LogP contribution >= 0.6 is 0 Å². The lowest BCUT2D eigenvalue weighted by molar-refractivity contribution is 0.0438. The number of rotatable bonds is 8. The van der Waals surface area contributed by atoms with Crippen molar-refractivity contribution in [1.29, 1.82) is 0 Å². The first-order valence-corrected chi connectivity index (χ1v) is 16.3. The van der Waals surface area contributed by atoms with Crippen LogP contribution in [0.5, 0.6) is 5.75 Å². The molecule has 2 fully saturated rings. The molecule has 0 spiro atoms. The molecule has 2 heterocycles. The summed E-state index contributed by atoms with van der Waals surface area (Å²) in [6.45, 7) is 4.78. The molecule has 0 saturated carbocycles. The molecule has 0 radical (unpaired) electrons. The summed E-state index contributed by atoms with van der Waals surface area (Å²) in [6, 6.07) is 21.9. The zero-order valence-electron chi connectivity index (χ0n) is 23.1. The largest absolute Gasteiger partial charge is 0.497 e. The lowest BCUT2D eigenvalue weighted by Crippen LogP contribution is -2.46. The van der Waals surface area contributed by atoms with E-state index in [0.717, 1.165) is 5.56 Å². The van der Waals surface area contributed by atoms with Crippen LogP contribution in [0.4, 0.5) is 0 Å². The Morgan fingerprint density at radius 1 is 0.854 bits per heavy atom. The number of benzene rings is 3. The van der Waals surface area contributed by atoms with Crippen molar-refractivity contribution in [1.82, 2.24) is 14.1 Å². The number of aryl methyl sites for hydroxylation is 1. The van der Waals surface area contributed by atoms with Gasteiger partial charge in [-0.15, -0.1) is 4.40 Å². The Kier molecular flexibility index (Phi) is 8.76. The van der Waals surface area contributed by atoms with E-state index in [9.17, 15) is 16.8 Å². The highest BCUT2D eigenvalue weighted by Crippen LogP contribution is 2.36. The molecule has 5 rings (SSSR count). The van der Waals surface area contributed by atoms with Crippen molar-refractivity contribution < 1.29 is 26.3 Å². The Morgan fingerprint density at radius 2 is 1.51 bits per heavy atom. The van der Waals surface area contributed by atoms with Crippen LogP contribution in [-0.4, -0.2) is 89.8 Å². The zero-order valence-corrected chi connectivity index (χ0v) is 24.7. The van der Waals surface area contributed by atoms with Gasteiger partial charge in [0.15, 0.2) is 0 Å². The van der Waals surface area contributed by atoms with Gasteiger partial charge in [0.25, 0.3) is 10.0 Å². The third kappa shape index (κ3) is 6.47. The molecule has 218 valence electrons. The highest BCUT2D eigenvalue weighted by Gasteiger charge is 2.43. The SMILES string of the molecule is COc1ccc(C2N(/C(CN3CCOCC3)=N/S(=O)(=O)c3ccc(C)cc3)CCN2S(=O)(=O)c2ccccc2)cc1. The molecule has 10 nitrogen and oxygen atoms in total. The van der Waals surface area contributed by atoms with E-state index in [1.165, 1.54) is 16.4 Å². The Labute approximate surface area is 241 Å². The number of amidine groups is 1. The highest BCUT2D eigenvalue weighted by molar-refractivity contribution is 7.90. The third-order valence-electron chi connectivity index (χ3n) is 7.24. The van der Waals surface area contributed by atoms with Gasteiger partial charge in [0, 0.05) is 26.2 Å². The van der Waals surface area contributed by atoms with Crippen LogP contribution in [0.1, 0.15) is 17.3 Å². The Hall–Kier alpha value is -3.29. The minimum absolute atomic E-state index is 0.0801. The summed E-state index contributed by atoms with van der Waals surface area (Å²) in [5.74, 6) is 0.902. The lowest BCUT2D eigenvalue weighted by atomic mass is 10.1. The number of ether oxygens (including phenoxy) is 2. The maximum atomic E-state index is 13.9. The quantitative estimate of drug-likeness (QED) is 0.288. The summed E-state index contributed by atoms with van der Waals surface area (Å²) in [6.07, 6.45) is -0.820. The van der Waals surface area contributed by atoms with E-state index in [4.69, 9.17) is 9.47 Å². The fourth-order valence-electron chi connectivity index (χ4n) is 5.01. The predicted molar refractivity (Wildman–Crippen MR) is 156 cm³/mol. The summed E-state index contributed by atoms with van der Waals surface area (Å²) in [5.41, 5.74) is 1.60. The summed E-state index contributed by atoms with van der Waals surface area (Å²) in [7, 11) is -6.45. The molecule has 12 heteroatoms. The molecular weight excluding hydrogens is 564 g/mol. The Bertz CT molecular complexity index is 1570. The summed E-state index contributed by atoms with van der Waals surface area (Å²) in [4.78, 5) is 4.12. The number of nitrogens with zero attached hydrogens (tertiary/aromatic N) is 4. The number of morpholine rings is 1. The molecule has 0 aliphatic carbocycles. The van der Waals surface area contributed by atoms with Crippen molar-refractivity contribution in [3.8, 4) is 5.75 Å². The average Bonchev–Trinajstić information content (AvgIpc) is 3.44. The van der Waals surface area contributed by atoms with Crippen LogP contribution in [0.3, 0.4) is 0 Å². The highest BCUT2D eigenvalue weighted by atomic mass is 32.2. The minimum atomic E-state index is -4.09. The predicted octanol–water partition coefficient (Wildman–Crippen LogP) is 3.13. The van der Waals surface area contributed by atoms with Crippen LogP contribution in [0, 0.1) is 6.92 Å². The van der Waals surface area contributed by atoms with Crippen molar-refractivity contribution in [2.45, 2.75) is 22.9 Å². The van der Waals surface area contributed by atoms with Gasteiger partial charge in [0.2, 0.25) is 10.0 Å². The van der Waals surface area contributed by atoms with Gasteiger partial charge in [-0.25, -0.2) is 8.42 Å². The van der Waals surface area contributed by atoms with Crippen LogP contribution in [0.15, 0.2) is 93.1 Å². The fraction of sp³-hybridized carbons (Fsp3) is 0.345. The minimum Gasteiger partial charge on any atom is -0.497 e.